The Balaban J connectivity index is 2.59. The molecule has 3 rings (SSSR count). The molecule has 0 N–H and O–H groups in total. The molecule has 1 nitrogen and oxygen atoms in total. The first-order valence-electron chi connectivity index (χ1n) is 5.64. The highest BCUT2D eigenvalue weighted by molar-refractivity contribution is 6.18. The SMILES string of the molecule is Cc1cccc2c1nc(CCl)c1ccccc12. The van der Waals surface area contributed by atoms with Crippen molar-refractivity contribution in [3.63, 3.8) is 0 Å². The minimum absolute atomic E-state index is 0.449. The lowest BCUT2D eigenvalue weighted by molar-refractivity contribution is 1.24. The molecule has 0 aliphatic rings. The van der Waals surface area contributed by atoms with Gasteiger partial charge in [0.15, 0.2) is 0 Å². The average molecular weight is 242 g/mol. The number of nitrogens with zero attached hydrogens (tertiary/aromatic N) is 1. The van der Waals surface area contributed by atoms with Crippen LogP contribution in [-0.4, -0.2) is 4.98 Å². The van der Waals surface area contributed by atoms with Gasteiger partial charge >= 0.3 is 0 Å². The van der Waals surface area contributed by atoms with Gasteiger partial charge in [0.05, 0.1) is 17.1 Å². The standard InChI is InChI=1S/C15H12ClN/c1-10-5-4-8-13-11-6-2-3-7-12(11)14(9-16)17-15(10)13/h2-8H,9H2,1H3. The summed E-state index contributed by atoms with van der Waals surface area (Å²) in [7, 11) is 0. The molecule has 0 atom stereocenters. The van der Waals surface area contributed by atoms with E-state index in [1.165, 1.54) is 16.3 Å². The number of para-hydroxylation sites is 1. The third-order valence-electron chi connectivity index (χ3n) is 3.14. The Hall–Kier alpha value is -1.60. The second-order valence-corrected chi connectivity index (χ2v) is 4.48. The molecule has 84 valence electrons. The molecule has 0 saturated carbocycles. The molecule has 0 saturated heterocycles. The lowest BCUT2D eigenvalue weighted by atomic mass is 10.0. The minimum atomic E-state index is 0.449. The fraction of sp³-hybridized carbons (Fsp3) is 0.133. The van der Waals surface area contributed by atoms with Crippen molar-refractivity contribution in [1.82, 2.24) is 4.98 Å². The predicted molar refractivity (Wildman–Crippen MR) is 73.5 cm³/mol. The first-order chi connectivity index (χ1) is 8.31. The molecule has 1 aromatic heterocycles. The summed E-state index contributed by atoms with van der Waals surface area (Å²) in [6.07, 6.45) is 0. The van der Waals surface area contributed by atoms with Crippen LogP contribution in [0, 0.1) is 6.92 Å². The Labute approximate surface area is 105 Å². The van der Waals surface area contributed by atoms with Crippen LogP contribution in [0.1, 0.15) is 11.3 Å². The van der Waals surface area contributed by atoms with Gasteiger partial charge in [0.25, 0.3) is 0 Å². The number of fused-ring (bicyclic) bond motifs is 3. The molecule has 0 aliphatic heterocycles. The van der Waals surface area contributed by atoms with Crippen LogP contribution in [0.2, 0.25) is 0 Å². The number of benzene rings is 2. The molecule has 1 heterocycles. The van der Waals surface area contributed by atoms with E-state index in [1.807, 2.05) is 6.07 Å². The van der Waals surface area contributed by atoms with Gasteiger partial charge in [-0.15, -0.1) is 11.6 Å². The van der Waals surface area contributed by atoms with Gasteiger partial charge in [-0.2, -0.15) is 0 Å². The Morgan fingerprint density at radius 2 is 1.65 bits per heavy atom. The lowest BCUT2D eigenvalue weighted by Gasteiger charge is -2.09. The maximum absolute atomic E-state index is 6.00. The van der Waals surface area contributed by atoms with E-state index in [4.69, 9.17) is 11.6 Å². The van der Waals surface area contributed by atoms with Gasteiger partial charge in [0, 0.05) is 10.8 Å². The van der Waals surface area contributed by atoms with E-state index < -0.39 is 0 Å². The monoisotopic (exact) mass is 241 g/mol. The van der Waals surface area contributed by atoms with Gasteiger partial charge in [0.1, 0.15) is 0 Å². The predicted octanol–water partition coefficient (Wildman–Crippen LogP) is 4.44. The first kappa shape index (κ1) is 10.5. The second kappa shape index (κ2) is 4.01. The Morgan fingerprint density at radius 3 is 2.41 bits per heavy atom. The number of hydrogen-bond donors (Lipinski definition) is 0. The van der Waals surface area contributed by atoms with Crippen molar-refractivity contribution in [1.29, 1.82) is 0 Å². The van der Waals surface area contributed by atoms with Crippen molar-refractivity contribution in [3.8, 4) is 0 Å². The van der Waals surface area contributed by atoms with Crippen molar-refractivity contribution in [2.24, 2.45) is 0 Å². The molecule has 0 bridgehead atoms. The van der Waals surface area contributed by atoms with Gasteiger partial charge in [-0.3, -0.25) is 4.98 Å². The Kier molecular flexibility index (Phi) is 2.49. The van der Waals surface area contributed by atoms with E-state index >= 15 is 0 Å². The summed E-state index contributed by atoms with van der Waals surface area (Å²) >= 11 is 6.00. The summed E-state index contributed by atoms with van der Waals surface area (Å²) < 4.78 is 0. The molecule has 0 spiro atoms. The van der Waals surface area contributed by atoms with E-state index in [1.54, 1.807) is 0 Å². The molecule has 0 fully saturated rings. The summed E-state index contributed by atoms with van der Waals surface area (Å²) in [5.41, 5.74) is 3.21. The smallest absolute Gasteiger partial charge is 0.0741 e. The molecule has 17 heavy (non-hydrogen) atoms. The normalized spacial score (nSPS) is 11.2. The number of pyridine rings is 1. The molecule has 2 aromatic carbocycles. The summed E-state index contributed by atoms with van der Waals surface area (Å²) in [6.45, 7) is 2.09. The van der Waals surface area contributed by atoms with E-state index in [0.717, 1.165) is 16.6 Å². The number of alkyl halides is 1. The van der Waals surface area contributed by atoms with Crippen molar-refractivity contribution in [2.75, 3.05) is 0 Å². The van der Waals surface area contributed by atoms with Crippen LogP contribution in [0.5, 0.6) is 0 Å². The first-order valence-corrected chi connectivity index (χ1v) is 6.17. The Bertz CT molecular complexity index is 704. The maximum Gasteiger partial charge on any atom is 0.0741 e. The zero-order valence-corrected chi connectivity index (χ0v) is 10.3. The molecule has 3 aromatic rings. The maximum atomic E-state index is 6.00. The van der Waals surface area contributed by atoms with Gasteiger partial charge in [-0.1, -0.05) is 42.5 Å². The summed E-state index contributed by atoms with van der Waals surface area (Å²) in [6, 6.07) is 14.6. The van der Waals surface area contributed by atoms with Crippen LogP contribution < -0.4 is 0 Å². The van der Waals surface area contributed by atoms with E-state index in [-0.39, 0.29) is 0 Å². The topological polar surface area (TPSA) is 12.9 Å². The highest BCUT2D eigenvalue weighted by atomic mass is 35.5. The fourth-order valence-electron chi connectivity index (χ4n) is 2.29. The molecular formula is C15H12ClN. The van der Waals surface area contributed by atoms with Crippen molar-refractivity contribution in [3.05, 3.63) is 53.7 Å². The van der Waals surface area contributed by atoms with Crippen LogP contribution >= 0.6 is 11.6 Å². The van der Waals surface area contributed by atoms with Crippen LogP contribution in [0.15, 0.2) is 42.5 Å². The molecule has 0 radical (unpaired) electrons. The van der Waals surface area contributed by atoms with Gasteiger partial charge in [-0.25, -0.2) is 0 Å². The Morgan fingerprint density at radius 1 is 0.941 bits per heavy atom. The molecule has 0 unspecified atom stereocenters. The van der Waals surface area contributed by atoms with E-state index in [9.17, 15) is 0 Å². The third-order valence-corrected chi connectivity index (χ3v) is 3.39. The van der Waals surface area contributed by atoms with Crippen molar-refractivity contribution < 1.29 is 0 Å². The van der Waals surface area contributed by atoms with Gasteiger partial charge < -0.3 is 0 Å². The van der Waals surface area contributed by atoms with Crippen molar-refractivity contribution >= 4 is 33.3 Å². The fourth-order valence-corrected chi connectivity index (χ4v) is 2.50. The van der Waals surface area contributed by atoms with Gasteiger partial charge in [-0.05, 0) is 17.9 Å². The zero-order valence-electron chi connectivity index (χ0n) is 9.57. The third kappa shape index (κ3) is 1.58. The molecular weight excluding hydrogens is 230 g/mol. The quantitative estimate of drug-likeness (QED) is 0.454. The lowest BCUT2D eigenvalue weighted by Crippen LogP contribution is -1.92. The summed E-state index contributed by atoms with van der Waals surface area (Å²) in [5, 5.41) is 3.59. The van der Waals surface area contributed by atoms with Crippen LogP contribution in [0.3, 0.4) is 0 Å². The molecule has 2 heteroatoms. The van der Waals surface area contributed by atoms with E-state index in [2.05, 4.69) is 48.3 Å². The number of aryl methyl sites for hydroxylation is 1. The van der Waals surface area contributed by atoms with Crippen LogP contribution in [0.25, 0.3) is 21.7 Å². The molecule has 0 amide bonds. The zero-order chi connectivity index (χ0) is 11.8. The molecule has 0 aliphatic carbocycles. The number of aromatic nitrogens is 1. The van der Waals surface area contributed by atoms with Crippen LogP contribution in [-0.2, 0) is 5.88 Å². The second-order valence-electron chi connectivity index (χ2n) is 4.21. The summed E-state index contributed by atoms with van der Waals surface area (Å²) in [5.74, 6) is 0.449. The van der Waals surface area contributed by atoms with E-state index in [0.29, 0.717) is 5.88 Å². The largest absolute Gasteiger partial charge is 0.251 e. The average Bonchev–Trinajstić information content (AvgIpc) is 2.38. The van der Waals surface area contributed by atoms with Crippen molar-refractivity contribution in [2.45, 2.75) is 12.8 Å². The van der Waals surface area contributed by atoms with Crippen LogP contribution in [0.4, 0.5) is 0 Å². The highest BCUT2D eigenvalue weighted by Gasteiger charge is 2.08. The number of halogens is 1. The minimum Gasteiger partial charge on any atom is -0.251 e. The number of rotatable bonds is 1. The highest BCUT2D eigenvalue weighted by Crippen LogP contribution is 2.28. The van der Waals surface area contributed by atoms with Gasteiger partial charge in [0.2, 0.25) is 0 Å². The summed E-state index contributed by atoms with van der Waals surface area (Å²) in [4.78, 5) is 4.69. The number of hydrogen-bond acceptors (Lipinski definition) is 1.